The van der Waals surface area contributed by atoms with Crippen molar-refractivity contribution in [3.63, 3.8) is 0 Å². The van der Waals surface area contributed by atoms with E-state index in [0.29, 0.717) is 22.9 Å². The molecule has 0 unspecified atom stereocenters. The third kappa shape index (κ3) is 5.51. The number of ether oxygens (including phenoxy) is 2. The number of carbonyl (C=O) groups is 1. The summed E-state index contributed by atoms with van der Waals surface area (Å²) in [4.78, 5) is 12.4. The third-order valence-electron chi connectivity index (χ3n) is 4.18. The smallest absolute Gasteiger partial charge is 0.265 e. The Bertz CT molecular complexity index is 1100. The number of benzene rings is 3. The molecule has 0 radical (unpaired) electrons. The molecule has 0 aliphatic rings. The Hall–Kier alpha value is -3.52. The van der Waals surface area contributed by atoms with E-state index in [1.807, 2.05) is 18.2 Å². The second-order valence-electron chi connectivity index (χ2n) is 6.42. The highest BCUT2D eigenvalue weighted by atomic mass is 32.2. The molecule has 0 saturated carbocycles. The van der Waals surface area contributed by atoms with Crippen molar-refractivity contribution in [2.24, 2.45) is 0 Å². The maximum atomic E-state index is 12.6. The largest absolute Gasteiger partial charge is 0.497 e. The molecule has 0 fully saturated rings. The summed E-state index contributed by atoms with van der Waals surface area (Å²) in [6, 6.07) is 21.5. The molecule has 0 aliphatic heterocycles. The van der Waals surface area contributed by atoms with Crippen LogP contribution >= 0.6 is 0 Å². The number of methoxy groups -OCH3 is 1. The first-order valence-corrected chi connectivity index (χ1v) is 10.7. The van der Waals surface area contributed by atoms with Gasteiger partial charge in [-0.1, -0.05) is 24.3 Å². The average molecular weight is 426 g/mol. The van der Waals surface area contributed by atoms with Crippen molar-refractivity contribution < 1.29 is 22.7 Å². The lowest BCUT2D eigenvalue weighted by atomic mass is 10.3. The molecule has 156 valence electrons. The summed E-state index contributed by atoms with van der Waals surface area (Å²) in [5.41, 5.74) is 0.849. The zero-order valence-corrected chi connectivity index (χ0v) is 17.3. The van der Waals surface area contributed by atoms with E-state index >= 15 is 0 Å². The van der Waals surface area contributed by atoms with Crippen LogP contribution in [0.2, 0.25) is 0 Å². The molecule has 0 bridgehead atoms. The molecule has 3 rings (SSSR count). The van der Waals surface area contributed by atoms with Crippen molar-refractivity contribution in [1.29, 1.82) is 0 Å². The molecule has 0 heterocycles. The summed E-state index contributed by atoms with van der Waals surface area (Å²) in [6.45, 7) is 1.64. The van der Waals surface area contributed by atoms with Crippen LogP contribution in [0, 0.1) is 0 Å². The van der Waals surface area contributed by atoms with Gasteiger partial charge in [0.05, 0.1) is 17.7 Å². The van der Waals surface area contributed by atoms with Crippen molar-refractivity contribution in [2.75, 3.05) is 17.1 Å². The fourth-order valence-electron chi connectivity index (χ4n) is 2.62. The Morgan fingerprint density at radius 3 is 2.20 bits per heavy atom. The van der Waals surface area contributed by atoms with Crippen molar-refractivity contribution in [3.05, 3.63) is 78.9 Å². The molecule has 1 amide bonds. The third-order valence-corrected chi connectivity index (χ3v) is 5.58. The second-order valence-corrected chi connectivity index (χ2v) is 8.11. The summed E-state index contributed by atoms with van der Waals surface area (Å²) in [5, 5.41) is 2.71. The molecular weight excluding hydrogens is 404 g/mol. The van der Waals surface area contributed by atoms with Crippen LogP contribution in [0.5, 0.6) is 11.5 Å². The van der Waals surface area contributed by atoms with Crippen LogP contribution in [0.25, 0.3) is 0 Å². The van der Waals surface area contributed by atoms with Gasteiger partial charge in [-0.25, -0.2) is 8.42 Å². The topological polar surface area (TPSA) is 93.7 Å². The van der Waals surface area contributed by atoms with E-state index in [9.17, 15) is 13.2 Å². The highest BCUT2D eigenvalue weighted by molar-refractivity contribution is 7.92. The molecule has 7 nitrogen and oxygen atoms in total. The van der Waals surface area contributed by atoms with Gasteiger partial charge >= 0.3 is 0 Å². The Kier molecular flexibility index (Phi) is 6.58. The molecule has 0 spiro atoms. The predicted molar refractivity (Wildman–Crippen MR) is 115 cm³/mol. The molecule has 0 aliphatic carbocycles. The van der Waals surface area contributed by atoms with Gasteiger partial charge in [0.25, 0.3) is 15.9 Å². The minimum Gasteiger partial charge on any atom is -0.497 e. The lowest BCUT2D eigenvalue weighted by Gasteiger charge is -2.15. The van der Waals surface area contributed by atoms with E-state index in [1.54, 1.807) is 43.3 Å². The van der Waals surface area contributed by atoms with E-state index in [-0.39, 0.29) is 10.8 Å². The van der Waals surface area contributed by atoms with Gasteiger partial charge in [0.2, 0.25) is 0 Å². The Morgan fingerprint density at radius 1 is 0.867 bits per heavy atom. The van der Waals surface area contributed by atoms with Gasteiger partial charge < -0.3 is 14.8 Å². The molecule has 1 atom stereocenters. The number of hydrogen-bond donors (Lipinski definition) is 2. The SMILES string of the molecule is COc1cccc(NS(=O)(=O)c2ccc(NC(=O)[C@H](C)Oc3ccccc3)cc2)c1. The Labute approximate surface area is 175 Å². The number of hydrogen-bond acceptors (Lipinski definition) is 5. The normalized spacial score (nSPS) is 11.9. The summed E-state index contributed by atoms with van der Waals surface area (Å²) >= 11 is 0. The van der Waals surface area contributed by atoms with E-state index < -0.39 is 16.1 Å². The number of amides is 1. The molecule has 30 heavy (non-hydrogen) atoms. The lowest BCUT2D eigenvalue weighted by Crippen LogP contribution is -2.30. The fraction of sp³-hybridized carbons (Fsp3) is 0.136. The first-order valence-electron chi connectivity index (χ1n) is 9.17. The van der Waals surface area contributed by atoms with Gasteiger partial charge in [-0.15, -0.1) is 0 Å². The standard InChI is InChI=1S/C22H22N2O5S/c1-16(29-19-8-4-3-5-9-19)22(25)23-17-11-13-21(14-12-17)30(26,27)24-18-7-6-10-20(15-18)28-2/h3-16,24H,1-2H3,(H,23,25)/t16-/m0/s1. The lowest BCUT2D eigenvalue weighted by molar-refractivity contribution is -0.122. The summed E-state index contributed by atoms with van der Waals surface area (Å²) in [5.74, 6) is 0.786. The van der Waals surface area contributed by atoms with Crippen molar-refractivity contribution in [2.45, 2.75) is 17.9 Å². The van der Waals surface area contributed by atoms with Crippen molar-refractivity contribution >= 4 is 27.3 Å². The first-order chi connectivity index (χ1) is 14.4. The molecule has 2 N–H and O–H groups in total. The Balaban J connectivity index is 1.64. The average Bonchev–Trinajstić information content (AvgIpc) is 2.74. The summed E-state index contributed by atoms with van der Waals surface area (Å²) in [6.07, 6.45) is -0.717. The van der Waals surface area contributed by atoms with Crippen LogP contribution in [-0.2, 0) is 14.8 Å². The molecule has 3 aromatic rings. The van der Waals surface area contributed by atoms with E-state index in [4.69, 9.17) is 9.47 Å². The van der Waals surface area contributed by atoms with Gasteiger partial charge in [0, 0.05) is 11.8 Å². The van der Waals surface area contributed by atoms with Crippen molar-refractivity contribution in [1.82, 2.24) is 0 Å². The summed E-state index contributed by atoms with van der Waals surface area (Å²) in [7, 11) is -2.28. The van der Waals surface area contributed by atoms with Crippen LogP contribution < -0.4 is 19.5 Å². The minimum atomic E-state index is -3.78. The highest BCUT2D eigenvalue weighted by Crippen LogP contribution is 2.22. The predicted octanol–water partition coefficient (Wildman–Crippen LogP) is 3.90. The van der Waals surface area contributed by atoms with Crippen LogP contribution in [0.15, 0.2) is 83.8 Å². The number of nitrogens with one attached hydrogen (secondary N) is 2. The van der Waals surface area contributed by atoms with Crippen LogP contribution in [-0.4, -0.2) is 27.5 Å². The number of sulfonamides is 1. The Morgan fingerprint density at radius 2 is 1.53 bits per heavy atom. The van der Waals surface area contributed by atoms with Crippen molar-refractivity contribution in [3.8, 4) is 11.5 Å². The molecule has 3 aromatic carbocycles. The fourth-order valence-corrected chi connectivity index (χ4v) is 3.67. The maximum absolute atomic E-state index is 12.6. The number of para-hydroxylation sites is 1. The maximum Gasteiger partial charge on any atom is 0.265 e. The molecular formula is C22H22N2O5S. The molecule has 0 aromatic heterocycles. The van der Waals surface area contributed by atoms with Gasteiger partial charge in [-0.05, 0) is 55.5 Å². The molecule has 0 saturated heterocycles. The zero-order chi connectivity index (χ0) is 21.6. The monoisotopic (exact) mass is 426 g/mol. The number of carbonyl (C=O) groups excluding carboxylic acids is 1. The van der Waals surface area contributed by atoms with Crippen LogP contribution in [0.3, 0.4) is 0 Å². The highest BCUT2D eigenvalue weighted by Gasteiger charge is 2.17. The van der Waals surface area contributed by atoms with Crippen LogP contribution in [0.4, 0.5) is 11.4 Å². The van der Waals surface area contributed by atoms with Crippen LogP contribution in [0.1, 0.15) is 6.92 Å². The minimum absolute atomic E-state index is 0.0666. The van der Waals surface area contributed by atoms with E-state index in [1.165, 1.54) is 31.4 Å². The van der Waals surface area contributed by atoms with Gasteiger partial charge in [0.1, 0.15) is 11.5 Å². The van der Waals surface area contributed by atoms with E-state index in [2.05, 4.69) is 10.0 Å². The quantitative estimate of drug-likeness (QED) is 0.570. The van der Waals surface area contributed by atoms with Gasteiger partial charge in [-0.3, -0.25) is 9.52 Å². The number of anilines is 2. The molecule has 8 heteroatoms. The zero-order valence-electron chi connectivity index (χ0n) is 16.5. The second kappa shape index (κ2) is 9.32. The number of rotatable bonds is 8. The van der Waals surface area contributed by atoms with Gasteiger partial charge in [0.15, 0.2) is 6.10 Å². The van der Waals surface area contributed by atoms with E-state index in [0.717, 1.165) is 0 Å². The van der Waals surface area contributed by atoms with Gasteiger partial charge in [-0.2, -0.15) is 0 Å². The first kappa shape index (κ1) is 21.2. The summed E-state index contributed by atoms with van der Waals surface area (Å²) < 4.78 is 38.4.